The average Bonchev–Trinajstić information content (AvgIpc) is 2.16. The first-order valence-corrected chi connectivity index (χ1v) is 5.64. The quantitative estimate of drug-likeness (QED) is 0.653. The van der Waals surface area contributed by atoms with E-state index in [1.54, 1.807) is 30.5 Å². The number of benzene rings is 1. The van der Waals surface area contributed by atoms with Gasteiger partial charge in [0, 0.05) is 10.7 Å². The summed E-state index contributed by atoms with van der Waals surface area (Å²) in [6.45, 7) is 0. The van der Waals surface area contributed by atoms with E-state index in [1.165, 1.54) is 11.8 Å². The van der Waals surface area contributed by atoms with Gasteiger partial charge in [-0.05, 0) is 24.5 Å². The third kappa shape index (κ3) is 4.22. The van der Waals surface area contributed by atoms with Gasteiger partial charge in [0.05, 0.1) is 4.92 Å². The third-order valence-electron chi connectivity index (χ3n) is 1.53. The minimum absolute atomic E-state index is 0.460. The molecular formula is C9H9ClN2O2S. The summed E-state index contributed by atoms with van der Waals surface area (Å²) in [6, 6.07) is 7.00. The number of nitro groups is 1. The van der Waals surface area contributed by atoms with Crippen molar-refractivity contribution in [2.45, 2.75) is 0 Å². The molecule has 4 nitrogen and oxygen atoms in total. The van der Waals surface area contributed by atoms with E-state index in [0.717, 1.165) is 11.9 Å². The van der Waals surface area contributed by atoms with E-state index in [-0.39, 0.29) is 0 Å². The number of nitrogens with one attached hydrogen (secondary N) is 1. The van der Waals surface area contributed by atoms with Gasteiger partial charge in [0.25, 0.3) is 6.20 Å². The Hall–Kier alpha value is -1.20. The summed E-state index contributed by atoms with van der Waals surface area (Å²) in [4.78, 5) is 9.78. The van der Waals surface area contributed by atoms with Crippen LogP contribution in [0.5, 0.6) is 0 Å². The minimum Gasteiger partial charge on any atom is -0.345 e. The molecule has 80 valence electrons. The lowest BCUT2D eigenvalue weighted by molar-refractivity contribution is -0.402. The second kappa shape index (κ2) is 5.63. The Labute approximate surface area is 96.5 Å². The molecule has 0 amide bonds. The summed E-state index contributed by atoms with van der Waals surface area (Å²) in [5.74, 6) is 0. The van der Waals surface area contributed by atoms with Crippen molar-refractivity contribution in [2.75, 3.05) is 11.6 Å². The molecule has 0 fully saturated rings. The van der Waals surface area contributed by atoms with E-state index in [4.69, 9.17) is 11.6 Å². The Morgan fingerprint density at radius 3 is 2.93 bits per heavy atom. The Morgan fingerprint density at radius 1 is 1.67 bits per heavy atom. The number of anilines is 1. The van der Waals surface area contributed by atoms with Gasteiger partial charge in [-0.15, -0.1) is 11.8 Å². The van der Waals surface area contributed by atoms with Crippen molar-refractivity contribution >= 4 is 29.1 Å². The standard InChI is InChI=1S/C9H9ClN2O2S/c1-15-9(6-12(13)14)11-8-4-2-3-7(10)5-8/h2-6,11H,1H3/b9-6+. The van der Waals surface area contributed by atoms with Crippen LogP contribution in [0.3, 0.4) is 0 Å². The highest BCUT2D eigenvalue weighted by molar-refractivity contribution is 8.02. The number of halogens is 1. The highest BCUT2D eigenvalue weighted by atomic mass is 35.5. The Morgan fingerprint density at radius 2 is 2.40 bits per heavy atom. The largest absolute Gasteiger partial charge is 0.345 e. The molecule has 0 bridgehead atoms. The molecule has 0 aliphatic rings. The van der Waals surface area contributed by atoms with Crippen LogP contribution in [0.1, 0.15) is 0 Å². The normalized spacial score (nSPS) is 11.2. The lowest BCUT2D eigenvalue weighted by Gasteiger charge is -2.05. The number of thioether (sulfide) groups is 1. The van der Waals surface area contributed by atoms with Crippen molar-refractivity contribution in [3.8, 4) is 0 Å². The summed E-state index contributed by atoms with van der Waals surface area (Å²) in [7, 11) is 0. The lowest BCUT2D eigenvalue weighted by atomic mass is 10.3. The van der Waals surface area contributed by atoms with E-state index in [9.17, 15) is 10.1 Å². The molecule has 0 aliphatic heterocycles. The van der Waals surface area contributed by atoms with E-state index in [0.29, 0.717) is 10.1 Å². The number of hydrogen-bond donors (Lipinski definition) is 1. The van der Waals surface area contributed by atoms with Gasteiger partial charge in [0.15, 0.2) is 0 Å². The molecule has 0 atom stereocenters. The van der Waals surface area contributed by atoms with Gasteiger partial charge in [-0.3, -0.25) is 10.1 Å². The van der Waals surface area contributed by atoms with E-state index < -0.39 is 4.92 Å². The summed E-state index contributed by atoms with van der Waals surface area (Å²) >= 11 is 7.04. The number of nitrogens with zero attached hydrogens (tertiary/aromatic N) is 1. The van der Waals surface area contributed by atoms with Gasteiger partial charge >= 0.3 is 0 Å². The molecular weight excluding hydrogens is 236 g/mol. The predicted octanol–water partition coefficient (Wildman–Crippen LogP) is 3.19. The molecule has 6 heteroatoms. The zero-order valence-electron chi connectivity index (χ0n) is 7.94. The maximum atomic E-state index is 10.3. The molecule has 15 heavy (non-hydrogen) atoms. The van der Waals surface area contributed by atoms with Crippen LogP contribution >= 0.6 is 23.4 Å². The van der Waals surface area contributed by atoms with E-state index in [1.807, 2.05) is 0 Å². The van der Waals surface area contributed by atoms with Crippen LogP contribution in [-0.2, 0) is 0 Å². The fraction of sp³-hybridized carbons (Fsp3) is 0.111. The average molecular weight is 245 g/mol. The first-order chi connectivity index (χ1) is 7.11. The van der Waals surface area contributed by atoms with Crippen molar-refractivity contribution in [1.29, 1.82) is 0 Å². The molecule has 1 aromatic rings. The van der Waals surface area contributed by atoms with Gasteiger partial charge in [0.2, 0.25) is 0 Å². The maximum absolute atomic E-state index is 10.3. The molecule has 0 unspecified atom stereocenters. The van der Waals surface area contributed by atoms with Gasteiger partial charge in [-0.25, -0.2) is 0 Å². The Kier molecular flexibility index (Phi) is 4.45. The van der Waals surface area contributed by atoms with Crippen LogP contribution in [0, 0.1) is 10.1 Å². The zero-order valence-corrected chi connectivity index (χ0v) is 9.51. The number of hydrogen-bond acceptors (Lipinski definition) is 4. The zero-order chi connectivity index (χ0) is 11.3. The topological polar surface area (TPSA) is 55.2 Å². The molecule has 0 aromatic heterocycles. The van der Waals surface area contributed by atoms with Crippen LogP contribution in [0.15, 0.2) is 35.5 Å². The summed E-state index contributed by atoms with van der Waals surface area (Å²) in [5, 5.41) is 14.2. The molecule has 0 saturated heterocycles. The van der Waals surface area contributed by atoms with Crippen LogP contribution in [0.2, 0.25) is 5.02 Å². The fourth-order valence-corrected chi connectivity index (χ4v) is 1.54. The van der Waals surface area contributed by atoms with Crippen molar-refractivity contribution < 1.29 is 4.92 Å². The first kappa shape index (κ1) is 11.9. The summed E-state index contributed by atoms with van der Waals surface area (Å²) in [6.07, 6.45) is 2.68. The van der Waals surface area contributed by atoms with Crippen LogP contribution in [0.25, 0.3) is 0 Å². The highest BCUT2D eigenvalue weighted by Gasteiger charge is 2.02. The van der Waals surface area contributed by atoms with Crippen LogP contribution in [-0.4, -0.2) is 11.2 Å². The molecule has 0 spiro atoms. The summed E-state index contributed by atoms with van der Waals surface area (Å²) < 4.78 is 0. The van der Waals surface area contributed by atoms with Crippen molar-refractivity contribution in [2.24, 2.45) is 0 Å². The molecule has 0 heterocycles. The molecule has 1 aromatic carbocycles. The van der Waals surface area contributed by atoms with Gasteiger partial charge in [0.1, 0.15) is 5.03 Å². The van der Waals surface area contributed by atoms with Crippen molar-refractivity contribution in [3.63, 3.8) is 0 Å². The highest BCUT2D eigenvalue weighted by Crippen LogP contribution is 2.20. The fourth-order valence-electron chi connectivity index (χ4n) is 0.940. The smallest absolute Gasteiger partial charge is 0.264 e. The van der Waals surface area contributed by atoms with Crippen LogP contribution in [0.4, 0.5) is 5.69 Å². The van der Waals surface area contributed by atoms with E-state index in [2.05, 4.69) is 5.32 Å². The van der Waals surface area contributed by atoms with Gasteiger partial charge in [-0.2, -0.15) is 0 Å². The van der Waals surface area contributed by atoms with Crippen molar-refractivity contribution in [3.05, 3.63) is 50.6 Å². The van der Waals surface area contributed by atoms with E-state index >= 15 is 0 Å². The first-order valence-electron chi connectivity index (χ1n) is 4.03. The molecule has 1 N–H and O–H groups in total. The second-order valence-corrected chi connectivity index (χ2v) is 3.90. The second-order valence-electron chi connectivity index (χ2n) is 2.62. The molecule has 0 saturated carbocycles. The molecule has 1 rings (SSSR count). The van der Waals surface area contributed by atoms with Crippen molar-refractivity contribution in [1.82, 2.24) is 0 Å². The SMILES string of the molecule is CS/C(=C/[N+](=O)[O-])Nc1cccc(Cl)c1. The minimum atomic E-state index is -0.497. The Balaban J connectivity index is 2.80. The van der Waals surface area contributed by atoms with Crippen LogP contribution < -0.4 is 5.32 Å². The third-order valence-corrected chi connectivity index (χ3v) is 2.42. The lowest BCUT2D eigenvalue weighted by Crippen LogP contribution is -1.98. The number of rotatable bonds is 4. The Bertz CT molecular complexity index is 395. The molecule has 0 aliphatic carbocycles. The predicted molar refractivity (Wildman–Crippen MR) is 63.7 cm³/mol. The van der Waals surface area contributed by atoms with Gasteiger partial charge < -0.3 is 5.32 Å². The summed E-state index contributed by atoms with van der Waals surface area (Å²) in [5.41, 5.74) is 0.727. The molecule has 0 radical (unpaired) electrons. The monoisotopic (exact) mass is 244 g/mol. The maximum Gasteiger partial charge on any atom is 0.264 e. The van der Waals surface area contributed by atoms with Gasteiger partial charge in [-0.1, -0.05) is 17.7 Å².